The van der Waals surface area contributed by atoms with Crippen LogP contribution < -0.4 is 4.74 Å². The minimum Gasteiger partial charge on any atom is -0.481 e. The van der Waals surface area contributed by atoms with Gasteiger partial charge in [-0.05, 0) is 32.4 Å². The number of halogens is 1. The summed E-state index contributed by atoms with van der Waals surface area (Å²) in [4.78, 5) is 16.4. The van der Waals surface area contributed by atoms with E-state index in [-0.39, 0.29) is 5.78 Å². The van der Waals surface area contributed by atoms with E-state index in [2.05, 4.69) is 4.98 Å². The van der Waals surface area contributed by atoms with Gasteiger partial charge in [0.15, 0.2) is 6.10 Å². The molecule has 1 atom stereocenters. The lowest BCUT2D eigenvalue weighted by atomic mass is 9.99. The fraction of sp³-hybridized carbons (Fsp3) is 0.250. The smallest absolute Gasteiger partial charge is 0.203 e. The number of nitrogens with zero attached hydrogens (tertiary/aromatic N) is 1. The van der Waals surface area contributed by atoms with Crippen molar-refractivity contribution in [1.29, 1.82) is 0 Å². The molecular weight excluding hydrogens is 274 g/mol. The molecule has 20 heavy (non-hydrogen) atoms. The van der Waals surface area contributed by atoms with E-state index in [4.69, 9.17) is 16.3 Å². The predicted octanol–water partition coefficient (Wildman–Crippen LogP) is 4.00. The van der Waals surface area contributed by atoms with E-state index in [1.807, 2.05) is 32.0 Å². The Bertz CT molecular complexity index is 640. The first-order chi connectivity index (χ1) is 9.47. The number of pyridine rings is 1. The van der Waals surface area contributed by atoms with Crippen LogP contribution >= 0.6 is 11.6 Å². The molecule has 0 saturated heterocycles. The van der Waals surface area contributed by atoms with Crippen LogP contribution in [0.25, 0.3) is 0 Å². The van der Waals surface area contributed by atoms with E-state index in [1.165, 1.54) is 6.20 Å². The highest BCUT2D eigenvalue weighted by atomic mass is 35.5. The van der Waals surface area contributed by atoms with Crippen molar-refractivity contribution in [1.82, 2.24) is 4.98 Å². The second kappa shape index (κ2) is 6.06. The second-order valence-corrected chi connectivity index (χ2v) is 5.22. The van der Waals surface area contributed by atoms with Crippen molar-refractivity contribution >= 4 is 17.4 Å². The van der Waals surface area contributed by atoms with Crippen LogP contribution in [-0.2, 0) is 0 Å². The quantitative estimate of drug-likeness (QED) is 0.799. The molecule has 0 spiro atoms. The number of aryl methyl sites for hydroxylation is 2. The van der Waals surface area contributed by atoms with Crippen LogP contribution in [0.1, 0.15) is 28.4 Å². The normalized spacial score (nSPS) is 12.0. The molecule has 0 N–H and O–H groups in total. The standard InChI is InChI=1S/C16H16ClNO2/c1-10-4-5-11(2)15(6-10)16(19)12(3)20-14-7-13(17)8-18-9-14/h4-9,12H,1-3H3. The average Bonchev–Trinajstić information content (AvgIpc) is 2.40. The zero-order chi connectivity index (χ0) is 14.7. The zero-order valence-electron chi connectivity index (χ0n) is 11.7. The Kier molecular flexibility index (Phi) is 4.40. The SMILES string of the molecule is Cc1ccc(C)c(C(=O)C(C)Oc2cncc(Cl)c2)c1. The summed E-state index contributed by atoms with van der Waals surface area (Å²) in [6.07, 6.45) is 2.47. The van der Waals surface area contributed by atoms with Crippen LogP contribution in [0.2, 0.25) is 5.02 Å². The maximum Gasteiger partial charge on any atom is 0.203 e. The Hall–Kier alpha value is -1.87. The molecule has 0 aliphatic heterocycles. The molecular formula is C16H16ClNO2. The predicted molar refractivity (Wildman–Crippen MR) is 79.6 cm³/mol. The van der Waals surface area contributed by atoms with E-state index in [0.29, 0.717) is 16.3 Å². The van der Waals surface area contributed by atoms with E-state index >= 15 is 0 Å². The van der Waals surface area contributed by atoms with Gasteiger partial charge in [0.2, 0.25) is 5.78 Å². The van der Waals surface area contributed by atoms with Crippen LogP contribution in [-0.4, -0.2) is 16.9 Å². The lowest BCUT2D eigenvalue weighted by Gasteiger charge is -2.15. The number of hydrogen-bond donors (Lipinski definition) is 0. The highest BCUT2D eigenvalue weighted by Crippen LogP contribution is 2.19. The summed E-state index contributed by atoms with van der Waals surface area (Å²) in [6.45, 7) is 5.61. The molecule has 2 aromatic rings. The van der Waals surface area contributed by atoms with E-state index in [1.54, 1.807) is 19.2 Å². The summed E-state index contributed by atoms with van der Waals surface area (Å²) in [5, 5.41) is 0.480. The number of ketones is 1. The van der Waals surface area contributed by atoms with Crippen molar-refractivity contribution in [3.8, 4) is 5.75 Å². The maximum atomic E-state index is 12.4. The summed E-state index contributed by atoms with van der Waals surface area (Å²) in [7, 11) is 0. The van der Waals surface area contributed by atoms with Gasteiger partial charge in [-0.25, -0.2) is 0 Å². The molecule has 1 unspecified atom stereocenters. The topological polar surface area (TPSA) is 39.2 Å². The first-order valence-corrected chi connectivity index (χ1v) is 6.74. The monoisotopic (exact) mass is 289 g/mol. The van der Waals surface area contributed by atoms with Gasteiger partial charge in [0.25, 0.3) is 0 Å². The molecule has 0 saturated carbocycles. The summed E-state index contributed by atoms with van der Waals surface area (Å²) in [5.41, 5.74) is 2.68. The molecule has 0 aliphatic rings. The van der Waals surface area contributed by atoms with Crippen LogP contribution in [0.3, 0.4) is 0 Å². The Morgan fingerprint density at radius 3 is 2.70 bits per heavy atom. The van der Waals surface area contributed by atoms with Gasteiger partial charge >= 0.3 is 0 Å². The number of aromatic nitrogens is 1. The average molecular weight is 290 g/mol. The lowest BCUT2D eigenvalue weighted by molar-refractivity contribution is 0.0817. The largest absolute Gasteiger partial charge is 0.481 e. The summed E-state index contributed by atoms with van der Waals surface area (Å²) in [6, 6.07) is 7.45. The van der Waals surface area contributed by atoms with Crippen LogP contribution in [0, 0.1) is 13.8 Å². The minimum absolute atomic E-state index is 0.0498. The number of ether oxygens (including phenoxy) is 1. The number of carbonyl (C=O) groups excluding carboxylic acids is 1. The van der Waals surface area contributed by atoms with Crippen LogP contribution in [0.15, 0.2) is 36.7 Å². The van der Waals surface area contributed by atoms with Gasteiger partial charge in [0.1, 0.15) is 5.75 Å². The number of hydrogen-bond acceptors (Lipinski definition) is 3. The van der Waals surface area contributed by atoms with Gasteiger partial charge in [-0.3, -0.25) is 9.78 Å². The van der Waals surface area contributed by atoms with E-state index < -0.39 is 6.10 Å². The fourth-order valence-corrected chi connectivity index (χ4v) is 2.10. The molecule has 0 bridgehead atoms. The van der Waals surface area contributed by atoms with Crippen molar-refractivity contribution in [2.24, 2.45) is 0 Å². The first kappa shape index (κ1) is 14.5. The van der Waals surface area contributed by atoms with Gasteiger partial charge in [-0.1, -0.05) is 29.3 Å². The molecule has 0 amide bonds. The number of carbonyl (C=O) groups is 1. The third-order valence-electron chi connectivity index (χ3n) is 3.02. The first-order valence-electron chi connectivity index (χ1n) is 6.36. The number of Topliss-reactive ketones (excluding diaryl/α,β-unsaturated/α-hetero) is 1. The fourth-order valence-electron chi connectivity index (χ4n) is 1.93. The van der Waals surface area contributed by atoms with Crippen LogP contribution in [0.5, 0.6) is 5.75 Å². The molecule has 0 fully saturated rings. The van der Waals surface area contributed by atoms with E-state index in [0.717, 1.165) is 11.1 Å². The van der Waals surface area contributed by atoms with Gasteiger partial charge in [-0.15, -0.1) is 0 Å². The second-order valence-electron chi connectivity index (χ2n) is 4.78. The molecule has 1 aromatic carbocycles. The summed E-state index contributed by atoms with van der Waals surface area (Å²) < 4.78 is 5.61. The molecule has 1 aromatic heterocycles. The van der Waals surface area contributed by atoms with Gasteiger partial charge in [-0.2, -0.15) is 0 Å². The molecule has 2 rings (SSSR count). The Balaban J connectivity index is 2.18. The third-order valence-corrected chi connectivity index (χ3v) is 3.23. The lowest BCUT2D eigenvalue weighted by Crippen LogP contribution is -2.24. The van der Waals surface area contributed by atoms with Gasteiger partial charge in [0, 0.05) is 17.8 Å². The van der Waals surface area contributed by atoms with Crippen molar-refractivity contribution in [2.45, 2.75) is 26.9 Å². The van der Waals surface area contributed by atoms with Crippen molar-refractivity contribution in [3.05, 3.63) is 58.4 Å². The third kappa shape index (κ3) is 3.36. The Morgan fingerprint density at radius 1 is 1.25 bits per heavy atom. The highest BCUT2D eigenvalue weighted by Gasteiger charge is 2.19. The van der Waals surface area contributed by atoms with Gasteiger partial charge in [0.05, 0.1) is 11.2 Å². The Labute approximate surface area is 123 Å². The molecule has 3 nitrogen and oxygen atoms in total. The van der Waals surface area contributed by atoms with E-state index in [9.17, 15) is 4.79 Å². The molecule has 0 aliphatic carbocycles. The maximum absolute atomic E-state index is 12.4. The van der Waals surface area contributed by atoms with Crippen molar-refractivity contribution < 1.29 is 9.53 Å². The van der Waals surface area contributed by atoms with Crippen molar-refractivity contribution in [3.63, 3.8) is 0 Å². The molecule has 1 heterocycles. The Morgan fingerprint density at radius 2 is 2.00 bits per heavy atom. The zero-order valence-corrected chi connectivity index (χ0v) is 12.4. The van der Waals surface area contributed by atoms with Gasteiger partial charge < -0.3 is 4.74 Å². The van der Waals surface area contributed by atoms with Crippen LogP contribution in [0.4, 0.5) is 0 Å². The molecule has 104 valence electrons. The molecule has 0 radical (unpaired) electrons. The highest BCUT2D eigenvalue weighted by molar-refractivity contribution is 6.30. The van der Waals surface area contributed by atoms with Crippen molar-refractivity contribution in [2.75, 3.05) is 0 Å². The molecule has 4 heteroatoms. The number of benzene rings is 1. The minimum atomic E-state index is -0.587. The number of rotatable bonds is 4. The summed E-state index contributed by atoms with van der Waals surface area (Å²) >= 11 is 5.84. The summed E-state index contributed by atoms with van der Waals surface area (Å²) in [5.74, 6) is 0.440.